The zero-order valence-electron chi connectivity index (χ0n) is 18.5. The molecule has 1 aromatic rings. The summed E-state index contributed by atoms with van der Waals surface area (Å²) in [5.41, 5.74) is 0.0773. The lowest BCUT2D eigenvalue weighted by atomic mass is 9.48. The summed E-state index contributed by atoms with van der Waals surface area (Å²) in [6.45, 7) is 3.77. The molecule has 1 saturated heterocycles. The van der Waals surface area contributed by atoms with Crippen molar-refractivity contribution in [3.05, 3.63) is 33.9 Å². The number of nitro benzene ring substituents is 1. The van der Waals surface area contributed by atoms with Gasteiger partial charge in [-0.2, -0.15) is 0 Å². The first kappa shape index (κ1) is 21.4. The van der Waals surface area contributed by atoms with Crippen LogP contribution in [0.1, 0.15) is 55.8 Å². The topological polar surface area (TPSA) is 99.0 Å². The molecule has 1 unspecified atom stereocenters. The van der Waals surface area contributed by atoms with Crippen molar-refractivity contribution in [2.24, 2.45) is 23.2 Å². The highest BCUT2D eigenvalue weighted by molar-refractivity contribution is 5.95. The normalized spacial score (nSPS) is 31.9. The Morgan fingerprint density at radius 1 is 1.12 bits per heavy atom. The van der Waals surface area contributed by atoms with E-state index in [0.29, 0.717) is 49.7 Å². The Morgan fingerprint density at radius 3 is 2.28 bits per heavy atom. The largest absolute Gasteiger partial charge is 0.451 e. The minimum absolute atomic E-state index is 0.0318. The zero-order chi connectivity index (χ0) is 22.5. The fraction of sp³-hybridized carbons (Fsp3) is 0.667. The number of carbonyl (C=O) groups excluding carboxylic acids is 2. The van der Waals surface area contributed by atoms with Crippen LogP contribution in [0.2, 0.25) is 0 Å². The van der Waals surface area contributed by atoms with Crippen LogP contribution in [-0.4, -0.2) is 49.1 Å². The van der Waals surface area contributed by atoms with Crippen molar-refractivity contribution in [3.63, 3.8) is 0 Å². The fourth-order valence-electron chi connectivity index (χ4n) is 6.99. The average Bonchev–Trinajstić information content (AvgIpc) is 2.77. The quantitative estimate of drug-likeness (QED) is 0.376. The molecule has 1 aromatic carbocycles. The highest BCUT2D eigenvalue weighted by Gasteiger charge is 2.55. The number of rotatable bonds is 6. The molecule has 0 N–H and O–H groups in total. The van der Waals surface area contributed by atoms with Crippen LogP contribution in [0.25, 0.3) is 0 Å². The number of morpholine rings is 1. The van der Waals surface area contributed by atoms with Gasteiger partial charge >= 0.3 is 5.97 Å². The van der Waals surface area contributed by atoms with E-state index in [9.17, 15) is 19.7 Å². The van der Waals surface area contributed by atoms with Gasteiger partial charge in [-0.15, -0.1) is 0 Å². The summed E-state index contributed by atoms with van der Waals surface area (Å²) in [7, 11) is 0. The van der Waals surface area contributed by atoms with Gasteiger partial charge in [-0.25, -0.2) is 4.79 Å². The molecule has 0 amide bonds. The van der Waals surface area contributed by atoms with Crippen LogP contribution < -0.4 is 4.90 Å². The Hall–Kier alpha value is -2.48. The zero-order valence-corrected chi connectivity index (χ0v) is 18.5. The van der Waals surface area contributed by atoms with Crippen LogP contribution in [0.3, 0.4) is 0 Å². The number of anilines is 1. The van der Waals surface area contributed by atoms with Gasteiger partial charge in [0.05, 0.1) is 23.7 Å². The second kappa shape index (κ2) is 8.14. The Morgan fingerprint density at radius 2 is 1.72 bits per heavy atom. The molecule has 0 aromatic heterocycles. The van der Waals surface area contributed by atoms with Crippen molar-refractivity contribution in [1.29, 1.82) is 0 Å². The van der Waals surface area contributed by atoms with E-state index in [1.54, 1.807) is 19.1 Å². The monoisotopic (exact) mass is 442 g/mol. The SMILES string of the molecule is CC(OC(=O)c1ccc(N2CCOCC2)c([N+](=O)[O-])c1)C(=O)C12CC3CC(CC(C3)C1)C2. The number of carbonyl (C=O) groups is 2. The molecular weight excluding hydrogens is 412 g/mol. The molecule has 4 saturated carbocycles. The predicted octanol–water partition coefficient (Wildman–Crippen LogP) is 3.76. The molecule has 32 heavy (non-hydrogen) atoms. The lowest BCUT2D eigenvalue weighted by Gasteiger charge is -2.56. The van der Waals surface area contributed by atoms with E-state index in [-0.39, 0.29) is 22.4 Å². The van der Waals surface area contributed by atoms with Crippen LogP contribution in [0, 0.1) is 33.3 Å². The van der Waals surface area contributed by atoms with Gasteiger partial charge in [-0.1, -0.05) is 0 Å². The predicted molar refractivity (Wildman–Crippen MR) is 117 cm³/mol. The second-order valence-electron chi connectivity index (χ2n) is 10.2. The molecule has 0 spiro atoms. The van der Waals surface area contributed by atoms with Crippen LogP contribution >= 0.6 is 0 Å². The summed E-state index contributed by atoms with van der Waals surface area (Å²) < 4.78 is 10.9. The number of Topliss-reactive ketones (excluding diaryl/α,β-unsaturated/α-hetero) is 1. The maximum atomic E-state index is 13.4. The summed E-state index contributed by atoms with van der Waals surface area (Å²) >= 11 is 0. The number of ether oxygens (including phenoxy) is 2. The Labute approximate surface area is 187 Å². The van der Waals surface area contributed by atoms with E-state index in [4.69, 9.17) is 9.47 Å². The Kier molecular flexibility index (Phi) is 5.43. The third-order valence-corrected chi connectivity index (χ3v) is 7.97. The third kappa shape index (κ3) is 3.78. The summed E-state index contributed by atoms with van der Waals surface area (Å²) in [4.78, 5) is 39.3. The number of hydrogen-bond acceptors (Lipinski definition) is 7. The van der Waals surface area contributed by atoms with Gasteiger partial charge in [-0.3, -0.25) is 14.9 Å². The fourth-order valence-corrected chi connectivity index (χ4v) is 6.99. The number of ketones is 1. The number of benzene rings is 1. The van der Waals surface area contributed by atoms with Gasteiger partial charge in [0.15, 0.2) is 11.9 Å². The lowest BCUT2D eigenvalue weighted by molar-refractivity contribution is -0.384. The van der Waals surface area contributed by atoms with Crippen molar-refractivity contribution in [2.75, 3.05) is 31.2 Å². The highest BCUT2D eigenvalue weighted by Crippen LogP contribution is 2.60. The first-order chi connectivity index (χ1) is 15.3. The van der Waals surface area contributed by atoms with Crippen LogP contribution in [0.5, 0.6) is 0 Å². The smallest absolute Gasteiger partial charge is 0.339 e. The van der Waals surface area contributed by atoms with E-state index in [2.05, 4.69) is 0 Å². The minimum Gasteiger partial charge on any atom is -0.451 e. The van der Waals surface area contributed by atoms with Crippen LogP contribution in [0.15, 0.2) is 18.2 Å². The molecule has 1 heterocycles. The van der Waals surface area contributed by atoms with Crippen LogP contribution in [0.4, 0.5) is 11.4 Å². The summed E-state index contributed by atoms with van der Waals surface area (Å²) in [6, 6.07) is 4.39. The Balaban J connectivity index is 1.30. The molecule has 8 heteroatoms. The second-order valence-corrected chi connectivity index (χ2v) is 10.2. The average molecular weight is 443 g/mol. The van der Waals surface area contributed by atoms with E-state index >= 15 is 0 Å². The minimum atomic E-state index is -0.850. The molecule has 4 aliphatic carbocycles. The lowest BCUT2D eigenvalue weighted by Crippen LogP contribution is -2.52. The van der Waals surface area contributed by atoms with Crippen molar-refractivity contribution >= 4 is 23.1 Å². The maximum absolute atomic E-state index is 13.4. The summed E-state index contributed by atoms with van der Waals surface area (Å²) in [5.74, 6) is 1.23. The molecular formula is C24H30N2O6. The highest BCUT2D eigenvalue weighted by atomic mass is 16.6. The molecule has 172 valence electrons. The van der Waals surface area contributed by atoms with Gasteiger partial charge in [0.2, 0.25) is 0 Å². The number of hydrogen-bond donors (Lipinski definition) is 0. The van der Waals surface area contributed by atoms with Crippen molar-refractivity contribution in [3.8, 4) is 0 Å². The number of nitro groups is 1. The van der Waals surface area contributed by atoms with E-state index < -0.39 is 17.0 Å². The maximum Gasteiger partial charge on any atom is 0.339 e. The van der Waals surface area contributed by atoms with Gasteiger partial charge in [0.25, 0.3) is 5.69 Å². The third-order valence-electron chi connectivity index (χ3n) is 7.97. The molecule has 4 bridgehead atoms. The van der Waals surface area contributed by atoms with Gasteiger partial charge < -0.3 is 14.4 Å². The number of nitrogens with zero attached hydrogens (tertiary/aromatic N) is 2. The standard InChI is InChI=1S/C24H30N2O6/c1-15(22(27)24-12-16-8-17(13-24)10-18(9-16)14-24)32-23(28)19-2-3-20(21(11-19)26(29)30)25-4-6-31-7-5-25/h2-3,11,15-18H,4-10,12-14H2,1H3. The molecule has 5 aliphatic rings. The molecule has 5 fully saturated rings. The molecule has 6 rings (SSSR count). The Bertz CT molecular complexity index is 903. The number of esters is 1. The van der Waals surface area contributed by atoms with Crippen molar-refractivity contribution in [2.45, 2.75) is 51.6 Å². The van der Waals surface area contributed by atoms with Gasteiger partial charge in [0, 0.05) is 24.6 Å². The summed E-state index contributed by atoms with van der Waals surface area (Å²) in [5, 5.41) is 11.7. The van der Waals surface area contributed by atoms with E-state index in [1.165, 1.54) is 25.3 Å². The van der Waals surface area contributed by atoms with Crippen LogP contribution in [-0.2, 0) is 14.3 Å². The van der Waals surface area contributed by atoms with Crippen molar-refractivity contribution in [1.82, 2.24) is 0 Å². The van der Waals surface area contributed by atoms with E-state index in [1.807, 2.05) is 4.90 Å². The van der Waals surface area contributed by atoms with Gasteiger partial charge in [-0.05, 0) is 75.3 Å². The molecule has 8 nitrogen and oxygen atoms in total. The molecule has 0 radical (unpaired) electrons. The molecule has 1 aliphatic heterocycles. The molecule has 1 atom stereocenters. The van der Waals surface area contributed by atoms with Gasteiger partial charge in [0.1, 0.15) is 5.69 Å². The summed E-state index contributed by atoms with van der Waals surface area (Å²) in [6.07, 6.45) is 5.61. The first-order valence-corrected chi connectivity index (χ1v) is 11.7. The first-order valence-electron chi connectivity index (χ1n) is 11.7. The van der Waals surface area contributed by atoms with Crippen molar-refractivity contribution < 1.29 is 24.0 Å². The van der Waals surface area contributed by atoms with E-state index in [0.717, 1.165) is 19.3 Å².